The van der Waals surface area contributed by atoms with Gasteiger partial charge in [0.25, 0.3) is 0 Å². The zero-order valence-corrected chi connectivity index (χ0v) is 26.9. The number of piperidine rings is 1. The third-order valence-corrected chi connectivity index (χ3v) is 10.9. The van der Waals surface area contributed by atoms with Gasteiger partial charge >= 0.3 is 0 Å². The van der Waals surface area contributed by atoms with Crippen molar-refractivity contribution in [1.29, 1.82) is 0 Å². The number of rotatable bonds is 9. The lowest BCUT2D eigenvalue weighted by Crippen LogP contribution is -2.60. The molecular formula is C38H48N4O3. The number of nitrogens with two attached hydrogens (primary N) is 1. The van der Waals surface area contributed by atoms with Crippen LogP contribution in [-0.4, -0.2) is 73.8 Å². The van der Waals surface area contributed by atoms with E-state index in [9.17, 15) is 4.79 Å². The van der Waals surface area contributed by atoms with Crippen molar-refractivity contribution in [2.24, 2.45) is 11.1 Å². The van der Waals surface area contributed by atoms with Gasteiger partial charge in [0.1, 0.15) is 11.9 Å². The second-order valence-corrected chi connectivity index (χ2v) is 14.2. The fourth-order valence-electron chi connectivity index (χ4n) is 8.12. The normalized spacial score (nSPS) is 22.7. The van der Waals surface area contributed by atoms with Gasteiger partial charge in [0.2, 0.25) is 5.91 Å². The van der Waals surface area contributed by atoms with Crippen molar-refractivity contribution in [3.63, 3.8) is 0 Å². The van der Waals surface area contributed by atoms with Crippen LogP contribution in [0.3, 0.4) is 0 Å². The Labute approximate surface area is 268 Å². The topological polar surface area (TPSA) is 71.3 Å². The lowest BCUT2D eigenvalue weighted by atomic mass is 9.59. The van der Waals surface area contributed by atoms with Gasteiger partial charge in [-0.1, -0.05) is 50.2 Å². The van der Waals surface area contributed by atoms with Gasteiger partial charge in [-0.25, -0.2) is 0 Å². The number of piperazine rings is 1. The molecule has 3 saturated heterocycles. The second-order valence-electron chi connectivity index (χ2n) is 14.2. The Morgan fingerprint density at radius 3 is 2.29 bits per heavy atom. The molecule has 45 heavy (non-hydrogen) atoms. The van der Waals surface area contributed by atoms with Crippen LogP contribution in [0.15, 0.2) is 72.8 Å². The summed E-state index contributed by atoms with van der Waals surface area (Å²) in [6.45, 7) is 12.4. The fraction of sp³-hybridized carbons (Fsp3) is 0.500. The molecule has 7 rings (SSSR count). The standard InChI is InChI=1S/C38H48N4O3/c1-27(2)34-5-3-4-6-35(34)36-24-40(23-28-7-13-32(14-8-28)45-33-25-44-26-33)19-20-42(36)31-21-38(22-31)15-17-41(18-16-38)30-11-9-29(10-12-30)37(39)43/h3-14,27,31,33,36H,15-26H2,1-2H3,(H2,39,43). The minimum atomic E-state index is -0.366. The summed E-state index contributed by atoms with van der Waals surface area (Å²) in [7, 11) is 0. The van der Waals surface area contributed by atoms with Crippen molar-refractivity contribution < 1.29 is 14.3 Å². The summed E-state index contributed by atoms with van der Waals surface area (Å²) in [6.07, 6.45) is 5.28. The van der Waals surface area contributed by atoms with Crippen LogP contribution in [0, 0.1) is 5.41 Å². The van der Waals surface area contributed by atoms with Crippen LogP contribution in [0.1, 0.15) is 78.5 Å². The molecule has 0 radical (unpaired) electrons. The van der Waals surface area contributed by atoms with Gasteiger partial charge in [-0.15, -0.1) is 0 Å². The third-order valence-electron chi connectivity index (χ3n) is 10.9. The molecule has 1 spiro atoms. The van der Waals surface area contributed by atoms with E-state index in [0.29, 0.717) is 42.2 Å². The Morgan fingerprint density at radius 2 is 1.64 bits per heavy atom. The van der Waals surface area contributed by atoms with E-state index < -0.39 is 0 Å². The van der Waals surface area contributed by atoms with Crippen molar-refractivity contribution in [2.45, 2.75) is 70.2 Å². The van der Waals surface area contributed by atoms with Crippen molar-refractivity contribution in [3.8, 4) is 5.75 Å². The number of ether oxygens (including phenoxy) is 2. The molecule has 1 aliphatic carbocycles. The van der Waals surface area contributed by atoms with E-state index in [2.05, 4.69) is 77.1 Å². The molecule has 3 aliphatic heterocycles. The predicted molar refractivity (Wildman–Crippen MR) is 179 cm³/mol. The molecule has 4 aliphatic rings. The molecule has 2 N–H and O–H groups in total. The van der Waals surface area contributed by atoms with Crippen molar-refractivity contribution in [1.82, 2.24) is 9.80 Å². The number of nitrogens with zero attached hydrogens (tertiary/aromatic N) is 3. The zero-order chi connectivity index (χ0) is 31.0. The lowest BCUT2D eigenvalue weighted by Gasteiger charge is -2.58. The third kappa shape index (κ3) is 6.49. The number of anilines is 1. The van der Waals surface area contributed by atoms with Gasteiger partial charge in [0.05, 0.1) is 13.2 Å². The van der Waals surface area contributed by atoms with E-state index in [1.54, 1.807) is 0 Å². The number of hydrogen-bond acceptors (Lipinski definition) is 6. The first-order valence-electron chi connectivity index (χ1n) is 16.9. The fourth-order valence-corrected chi connectivity index (χ4v) is 8.12. The highest BCUT2D eigenvalue weighted by atomic mass is 16.6. The quantitative estimate of drug-likeness (QED) is 0.322. The Morgan fingerprint density at radius 1 is 0.933 bits per heavy atom. The summed E-state index contributed by atoms with van der Waals surface area (Å²) in [4.78, 5) is 19.5. The highest BCUT2D eigenvalue weighted by Gasteiger charge is 2.50. The van der Waals surface area contributed by atoms with Crippen LogP contribution >= 0.6 is 0 Å². The first-order chi connectivity index (χ1) is 21.9. The first-order valence-corrected chi connectivity index (χ1v) is 16.9. The summed E-state index contributed by atoms with van der Waals surface area (Å²) in [5, 5.41) is 0. The van der Waals surface area contributed by atoms with Crippen molar-refractivity contribution >= 4 is 11.6 Å². The minimum Gasteiger partial charge on any atom is -0.486 e. The van der Waals surface area contributed by atoms with E-state index in [4.69, 9.17) is 15.2 Å². The Balaban J connectivity index is 1.01. The first kappa shape index (κ1) is 30.3. The molecule has 4 fully saturated rings. The highest BCUT2D eigenvalue weighted by Crippen LogP contribution is 2.53. The number of carbonyl (C=O) groups is 1. The van der Waals surface area contributed by atoms with Crippen LogP contribution in [0.4, 0.5) is 5.69 Å². The summed E-state index contributed by atoms with van der Waals surface area (Å²) >= 11 is 0. The largest absolute Gasteiger partial charge is 0.486 e. The van der Waals surface area contributed by atoms with Gasteiger partial charge in [-0.2, -0.15) is 0 Å². The molecule has 238 valence electrons. The summed E-state index contributed by atoms with van der Waals surface area (Å²) in [6, 6.07) is 26.7. The molecule has 7 nitrogen and oxygen atoms in total. The molecule has 3 heterocycles. The monoisotopic (exact) mass is 608 g/mol. The molecule has 1 amide bonds. The van der Waals surface area contributed by atoms with Crippen LogP contribution in [0.5, 0.6) is 5.75 Å². The summed E-state index contributed by atoms with van der Waals surface area (Å²) in [5.74, 6) is 1.07. The molecule has 3 aromatic rings. The Bertz CT molecular complexity index is 1450. The maximum absolute atomic E-state index is 11.5. The zero-order valence-electron chi connectivity index (χ0n) is 26.9. The molecule has 0 bridgehead atoms. The SMILES string of the molecule is CC(C)c1ccccc1C1CN(Cc2ccc(OC3COC3)cc2)CCN1C1CC2(CCN(c3ccc(C(N)=O)cc3)CC2)C1. The average molecular weight is 609 g/mol. The molecular weight excluding hydrogens is 560 g/mol. The predicted octanol–water partition coefficient (Wildman–Crippen LogP) is 5.99. The molecule has 1 unspecified atom stereocenters. The van der Waals surface area contributed by atoms with Crippen LogP contribution < -0.4 is 15.4 Å². The van der Waals surface area contributed by atoms with E-state index in [0.717, 1.165) is 45.0 Å². The van der Waals surface area contributed by atoms with E-state index in [1.807, 2.05) is 24.3 Å². The van der Waals surface area contributed by atoms with Gasteiger partial charge in [0, 0.05) is 62.6 Å². The lowest BCUT2D eigenvalue weighted by molar-refractivity contribution is -0.0796. The number of amides is 1. The molecule has 3 aromatic carbocycles. The van der Waals surface area contributed by atoms with Gasteiger partial charge in [-0.3, -0.25) is 14.6 Å². The number of benzene rings is 3. The summed E-state index contributed by atoms with van der Waals surface area (Å²) in [5.41, 5.74) is 12.0. The van der Waals surface area contributed by atoms with Gasteiger partial charge < -0.3 is 20.1 Å². The number of primary amides is 1. The molecule has 0 aromatic heterocycles. The summed E-state index contributed by atoms with van der Waals surface area (Å²) < 4.78 is 11.2. The van der Waals surface area contributed by atoms with Crippen molar-refractivity contribution in [2.75, 3.05) is 50.8 Å². The maximum Gasteiger partial charge on any atom is 0.248 e. The maximum atomic E-state index is 11.5. The van der Waals surface area contributed by atoms with E-state index in [1.165, 1.54) is 48.1 Å². The number of hydrogen-bond donors (Lipinski definition) is 1. The second kappa shape index (κ2) is 12.8. The smallest absolute Gasteiger partial charge is 0.248 e. The molecule has 7 heteroatoms. The number of carbonyl (C=O) groups excluding carboxylic acids is 1. The van der Waals surface area contributed by atoms with Gasteiger partial charge in [0.15, 0.2) is 0 Å². The van der Waals surface area contributed by atoms with Crippen LogP contribution in [-0.2, 0) is 11.3 Å². The highest BCUT2D eigenvalue weighted by molar-refractivity contribution is 5.93. The van der Waals surface area contributed by atoms with E-state index >= 15 is 0 Å². The average Bonchev–Trinajstić information content (AvgIpc) is 3.02. The van der Waals surface area contributed by atoms with Crippen LogP contribution in [0.25, 0.3) is 0 Å². The minimum absolute atomic E-state index is 0.200. The molecule has 1 atom stereocenters. The van der Waals surface area contributed by atoms with E-state index in [-0.39, 0.29) is 12.0 Å². The van der Waals surface area contributed by atoms with Gasteiger partial charge in [-0.05, 0) is 90.1 Å². The van der Waals surface area contributed by atoms with Crippen molar-refractivity contribution in [3.05, 3.63) is 95.1 Å². The molecule has 1 saturated carbocycles. The van der Waals surface area contributed by atoms with Crippen LogP contribution in [0.2, 0.25) is 0 Å². The Hall–Kier alpha value is -3.39. The Kier molecular flexibility index (Phi) is 8.60.